The number of hydrogen-bond donors (Lipinski definition) is 1. The summed E-state index contributed by atoms with van der Waals surface area (Å²) in [7, 11) is 0. The number of benzene rings is 1. The van der Waals surface area contributed by atoms with Crippen LogP contribution >= 0.6 is 0 Å². The van der Waals surface area contributed by atoms with Gasteiger partial charge in [-0.25, -0.2) is 0 Å². The molecule has 0 bridgehead atoms. The third-order valence-electron chi connectivity index (χ3n) is 4.70. The SMILES string of the molecule is CC(=O)N(CC(=O)NCC(C)C)c1ccc(N2CCC(C)CC2)cc1. The van der Waals surface area contributed by atoms with Crippen molar-refractivity contribution in [2.45, 2.75) is 40.5 Å². The second kappa shape index (κ2) is 8.88. The van der Waals surface area contributed by atoms with Gasteiger partial charge in [0.05, 0.1) is 0 Å². The number of rotatable bonds is 6. The predicted molar refractivity (Wildman–Crippen MR) is 103 cm³/mol. The Bertz CT molecular complexity index is 575. The molecule has 5 nitrogen and oxygen atoms in total. The van der Waals surface area contributed by atoms with Gasteiger partial charge in [0.1, 0.15) is 6.54 Å². The van der Waals surface area contributed by atoms with Crippen molar-refractivity contribution in [2.24, 2.45) is 11.8 Å². The van der Waals surface area contributed by atoms with Gasteiger partial charge in [-0.1, -0.05) is 20.8 Å². The molecule has 0 spiro atoms. The van der Waals surface area contributed by atoms with E-state index in [1.165, 1.54) is 30.4 Å². The second-order valence-corrected chi connectivity index (χ2v) is 7.49. The molecular weight excluding hydrogens is 314 g/mol. The molecule has 2 amide bonds. The van der Waals surface area contributed by atoms with Crippen molar-refractivity contribution in [1.82, 2.24) is 5.32 Å². The van der Waals surface area contributed by atoms with E-state index < -0.39 is 0 Å². The summed E-state index contributed by atoms with van der Waals surface area (Å²) in [6.45, 7) is 10.7. The normalized spacial score (nSPS) is 15.3. The Morgan fingerprint density at radius 2 is 1.80 bits per heavy atom. The number of carbonyl (C=O) groups excluding carboxylic acids is 2. The van der Waals surface area contributed by atoms with E-state index in [4.69, 9.17) is 0 Å². The van der Waals surface area contributed by atoms with Crippen molar-refractivity contribution < 1.29 is 9.59 Å². The molecule has 0 saturated carbocycles. The van der Waals surface area contributed by atoms with Crippen LogP contribution in [-0.4, -0.2) is 38.0 Å². The molecule has 5 heteroatoms. The number of carbonyl (C=O) groups is 2. The molecule has 0 aromatic heterocycles. The van der Waals surface area contributed by atoms with Gasteiger partial charge in [0.15, 0.2) is 0 Å². The lowest BCUT2D eigenvalue weighted by molar-refractivity contribution is -0.123. The summed E-state index contributed by atoms with van der Waals surface area (Å²) >= 11 is 0. The Morgan fingerprint density at radius 3 is 2.32 bits per heavy atom. The Balaban J connectivity index is 2.01. The lowest BCUT2D eigenvalue weighted by Crippen LogP contribution is -2.41. The molecule has 0 aliphatic carbocycles. The summed E-state index contributed by atoms with van der Waals surface area (Å²) in [5.41, 5.74) is 1.95. The van der Waals surface area contributed by atoms with Crippen LogP contribution in [0.4, 0.5) is 11.4 Å². The van der Waals surface area contributed by atoms with Crippen LogP contribution in [0, 0.1) is 11.8 Å². The first-order valence-corrected chi connectivity index (χ1v) is 9.26. The number of nitrogens with zero attached hydrogens (tertiary/aromatic N) is 2. The first kappa shape index (κ1) is 19.3. The first-order chi connectivity index (χ1) is 11.9. The van der Waals surface area contributed by atoms with E-state index in [1.807, 2.05) is 38.1 Å². The van der Waals surface area contributed by atoms with Crippen molar-refractivity contribution in [2.75, 3.05) is 36.0 Å². The van der Waals surface area contributed by atoms with E-state index in [0.29, 0.717) is 12.5 Å². The zero-order valence-corrected chi connectivity index (χ0v) is 15.9. The lowest BCUT2D eigenvalue weighted by atomic mass is 9.99. The quantitative estimate of drug-likeness (QED) is 0.862. The van der Waals surface area contributed by atoms with E-state index >= 15 is 0 Å². The summed E-state index contributed by atoms with van der Waals surface area (Å²) in [4.78, 5) is 28.0. The summed E-state index contributed by atoms with van der Waals surface area (Å²) in [5.74, 6) is 0.937. The van der Waals surface area contributed by atoms with Gasteiger partial charge in [-0.3, -0.25) is 9.59 Å². The highest BCUT2D eigenvalue weighted by atomic mass is 16.2. The summed E-state index contributed by atoms with van der Waals surface area (Å²) in [5, 5.41) is 2.86. The van der Waals surface area contributed by atoms with Gasteiger partial charge < -0.3 is 15.1 Å². The van der Waals surface area contributed by atoms with Gasteiger partial charge in [0.2, 0.25) is 11.8 Å². The van der Waals surface area contributed by atoms with E-state index in [2.05, 4.69) is 17.1 Å². The minimum absolute atomic E-state index is 0.0582. The summed E-state index contributed by atoms with van der Waals surface area (Å²) in [6, 6.07) is 7.97. The average Bonchev–Trinajstić information content (AvgIpc) is 2.58. The molecule has 1 N–H and O–H groups in total. The van der Waals surface area contributed by atoms with E-state index in [-0.39, 0.29) is 18.4 Å². The molecule has 1 aliphatic rings. The van der Waals surface area contributed by atoms with Crippen LogP contribution in [0.3, 0.4) is 0 Å². The molecule has 138 valence electrons. The number of nitrogens with one attached hydrogen (secondary N) is 1. The minimum Gasteiger partial charge on any atom is -0.372 e. The van der Waals surface area contributed by atoms with Gasteiger partial charge >= 0.3 is 0 Å². The lowest BCUT2D eigenvalue weighted by Gasteiger charge is -2.32. The standard InChI is InChI=1S/C20H31N3O2/c1-15(2)13-21-20(25)14-23(17(4)24)19-7-5-18(6-8-19)22-11-9-16(3)10-12-22/h5-8,15-16H,9-14H2,1-4H3,(H,21,25). The van der Waals surface area contributed by atoms with Crippen molar-refractivity contribution in [3.05, 3.63) is 24.3 Å². The Hall–Kier alpha value is -2.04. The monoisotopic (exact) mass is 345 g/mol. The molecule has 0 radical (unpaired) electrons. The largest absolute Gasteiger partial charge is 0.372 e. The summed E-state index contributed by atoms with van der Waals surface area (Å²) < 4.78 is 0. The average molecular weight is 345 g/mol. The van der Waals surface area contributed by atoms with Gasteiger partial charge in [-0.2, -0.15) is 0 Å². The highest BCUT2D eigenvalue weighted by Gasteiger charge is 2.18. The third-order valence-corrected chi connectivity index (χ3v) is 4.70. The highest BCUT2D eigenvalue weighted by Crippen LogP contribution is 2.25. The zero-order valence-electron chi connectivity index (χ0n) is 15.9. The van der Waals surface area contributed by atoms with E-state index in [1.54, 1.807) is 0 Å². The number of hydrogen-bond acceptors (Lipinski definition) is 3. The fourth-order valence-electron chi connectivity index (χ4n) is 3.01. The maximum absolute atomic E-state index is 12.1. The van der Waals surface area contributed by atoms with Crippen molar-refractivity contribution >= 4 is 23.2 Å². The van der Waals surface area contributed by atoms with Crippen molar-refractivity contribution in [3.8, 4) is 0 Å². The van der Waals surface area contributed by atoms with Gasteiger partial charge in [-0.05, 0) is 48.9 Å². The van der Waals surface area contributed by atoms with Gasteiger partial charge in [-0.15, -0.1) is 0 Å². The van der Waals surface area contributed by atoms with Gasteiger partial charge in [0.25, 0.3) is 0 Å². The summed E-state index contributed by atoms with van der Waals surface area (Å²) in [6.07, 6.45) is 2.44. The van der Waals surface area contributed by atoms with Crippen LogP contribution in [0.1, 0.15) is 40.5 Å². The zero-order chi connectivity index (χ0) is 18.4. The van der Waals surface area contributed by atoms with Gasteiger partial charge in [0, 0.05) is 37.9 Å². The minimum atomic E-state index is -0.127. The molecule has 0 atom stereocenters. The van der Waals surface area contributed by atoms with Crippen LogP contribution in [-0.2, 0) is 9.59 Å². The van der Waals surface area contributed by atoms with Crippen LogP contribution in [0.15, 0.2) is 24.3 Å². The van der Waals surface area contributed by atoms with Crippen molar-refractivity contribution in [1.29, 1.82) is 0 Å². The molecule has 1 saturated heterocycles. The smallest absolute Gasteiger partial charge is 0.240 e. The molecule has 2 rings (SSSR count). The van der Waals surface area contributed by atoms with E-state index in [9.17, 15) is 9.59 Å². The molecule has 1 aliphatic heterocycles. The number of anilines is 2. The topological polar surface area (TPSA) is 52.7 Å². The second-order valence-electron chi connectivity index (χ2n) is 7.49. The van der Waals surface area contributed by atoms with Crippen LogP contribution < -0.4 is 15.1 Å². The fourth-order valence-corrected chi connectivity index (χ4v) is 3.01. The molecule has 1 aromatic carbocycles. The molecular formula is C20H31N3O2. The maximum Gasteiger partial charge on any atom is 0.240 e. The fraction of sp³-hybridized carbons (Fsp3) is 0.600. The van der Waals surface area contributed by atoms with Crippen LogP contribution in [0.25, 0.3) is 0 Å². The highest BCUT2D eigenvalue weighted by molar-refractivity contribution is 5.97. The van der Waals surface area contributed by atoms with E-state index in [0.717, 1.165) is 24.7 Å². The van der Waals surface area contributed by atoms with Crippen molar-refractivity contribution in [3.63, 3.8) is 0 Å². The Labute approximate surface area is 151 Å². The predicted octanol–water partition coefficient (Wildman–Crippen LogP) is 3.05. The Kier molecular flexibility index (Phi) is 6.85. The molecule has 1 aromatic rings. The molecule has 1 fully saturated rings. The molecule has 0 unspecified atom stereocenters. The Morgan fingerprint density at radius 1 is 1.20 bits per heavy atom. The molecule has 1 heterocycles. The maximum atomic E-state index is 12.1. The van der Waals surface area contributed by atoms with Crippen LogP contribution in [0.2, 0.25) is 0 Å². The first-order valence-electron chi connectivity index (χ1n) is 9.26. The number of piperidine rings is 1. The molecule has 25 heavy (non-hydrogen) atoms. The van der Waals surface area contributed by atoms with Crippen LogP contribution in [0.5, 0.6) is 0 Å². The third kappa shape index (κ3) is 5.76. The number of amides is 2.